The van der Waals surface area contributed by atoms with Crippen molar-refractivity contribution in [3.8, 4) is 0 Å². The Hall–Kier alpha value is -0.0800. The van der Waals surface area contributed by atoms with Gasteiger partial charge in [-0.25, -0.2) is 0 Å². The Morgan fingerprint density at radius 3 is 2.56 bits per heavy atom. The minimum Gasteiger partial charge on any atom is -0.298 e. The van der Waals surface area contributed by atoms with Gasteiger partial charge in [0.15, 0.2) is 0 Å². The van der Waals surface area contributed by atoms with Crippen LogP contribution in [0.15, 0.2) is 0 Å². The summed E-state index contributed by atoms with van der Waals surface area (Å²) in [4.78, 5) is 5.61. The van der Waals surface area contributed by atoms with Gasteiger partial charge < -0.3 is 0 Å². The maximum Gasteiger partial charge on any atom is 0.0223 e. The Bertz CT molecular complexity index is 278. The summed E-state index contributed by atoms with van der Waals surface area (Å²) in [6.45, 7) is 10.3. The monoisotopic (exact) mass is 250 g/mol. The number of rotatable bonds is 2. The first-order valence-electron chi connectivity index (χ1n) is 8.27. The lowest BCUT2D eigenvalue weighted by molar-refractivity contribution is 0.0174. The molecule has 4 atom stereocenters. The zero-order valence-corrected chi connectivity index (χ0v) is 12.3. The number of hydrogen-bond acceptors (Lipinski definition) is 2. The molecule has 0 spiro atoms. The molecule has 3 rings (SSSR count). The van der Waals surface area contributed by atoms with E-state index in [1.165, 1.54) is 64.7 Å². The fourth-order valence-corrected chi connectivity index (χ4v) is 4.80. The second-order valence-electron chi connectivity index (χ2n) is 6.85. The van der Waals surface area contributed by atoms with Crippen LogP contribution in [0.4, 0.5) is 0 Å². The lowest BCUT2D eigenvalue weighted by Crippen LogP contribution is -2.57. The molecule has 0 radical (unpaired) electrons. The Morgan fingerprint density at radius 1 is 0.944 bits per heavy atom. The van der Waals surface area contributed by atoms with Crippen molar-refractivity contribution in [3.05, 3.63) is 0 Å². The third-order valence-electron chi connectivity index (χ3n) is 6.05. The number of nitrogens with zero attached hydrogens (tertiary/aromatic N) is 2. The van der Waals surface area contributed by atoms with E-state index in [0.29, 0.717) is 0 Å². The largest absolute Gasteiger partial charge is 0.298 e. The number of hydrogen-bond donors (Lipinski definition) is 0. The quantitative estimate of drug-likeness (QED) is 0.743. The first-order chi connectivity index (χ1) is 8.79. The van der Waals surface area contributed by atoms with E-state index in [0.717, 1.165) is 23.9 Å². The molecule has 0 N–H and O–H groups in total. The van der Waals surface area contributed by atoms with Gasteiger partial charge in [-0.2, -0.15) is 0 Å². The molecule has 2 heterocycles. The lowest BCUT2D eigenvalue weighted by atomic mass is 9.91. The predicted molar refractivity (Wildman–Crippen MR) is 76.8 cm³/mol. The fraction of sp³-hybridized carbons (Fsp3) is 1.00. The third kappa shape index (κ3) is 2.34. The molecule has 2 saturated heterocycles. The molecule has 0 amide bonds. The topological polar surface area (TPSA) is 6.48 Å². The van der Waals surface area contributed by atoms with Crippen molar-refractivity contribution in [2.45, 2.75) is 64.5 Å². The van der Waals surface area contributed by atoms with E-state index in [9.17, 15) is 0 Å². The lowest BCUT2D eigenvalue weighted by Gasteiger charge is -2.47. The molecule has 2 aliphatic heterocycles. The molecule has 2 nitrogen and oxygen atoms in total. The van der Waals surface area contributed by atoms with Gasteiger partial charge in [-0.3, -0.25) is 9.80 Å². The van der Waals surface area contributed by atoms with E-state index in [-0.39, 0.29) is 0 Å². The van der Waals surface area contributed by atoms with E-state index in [2.05, 4.69) is 23.6 Å². The molecule has 18 heavy (non-hydrogen) atoms. The SMILES string of the molecule is CCC1CCC(N2CCN3CCCCC3C2)C1C. The van der Waals surface area contributed by atoms with Crippen molar-refractivity contribution < 1.29 is 0 Å². The number of piperidine rings is 1. The third-order valence-corrected chi connectivity index (χ3v) is 6.05. The highest BCUT2D eigenvalue weighted by molar-refractivity contribution is 4.93. The zero-order chi connectivity index (χ0) is 12.5. The Kier molecular flexibility index (Phi) is 3.95. The maximum absolute atomic E-state index is 2.85. The summed E-state index contributed by atoms with van der Waals surface area (Å²) in [6, 6.07) is 1.79. The van der Waals surface area contributed by atoms with Crippen LogP contribution in [-0.4, -0.2) is 48.1 Å². The van der Waals surface area contributed by atoms with Gasteiger partial charge in [0, 0.05) is 31.7 Å². The molecule has 104 valence electrons. The van der Waals surface area contributed by atoms with Crippen LogP contribution >= 0.6 is 0 Å². The van der Waals surface area contributed by atoms with Crippen molar-refractivity contribution in [2.75, 3.05) is 26.2 Å². The van der Waals surface area contributed by atoms with Gasteiger partial charge in [-0.1, -0.05) is 26.7 Å². The van der Waals surface area contributed by atoms with Gasteiger partial charge in [0.25, 0.3) is 0 Å². The Morgan fingerprint density at radius 2 is 1.78 bits per heavy atom. The van der Waals surface area contributed by atoms with E-state index in [4.69, 9.17) is 0 Å². The van der Waals surface area contributed by atoms with Crippen molar-refractivity contribution in [3.63, 3.8) is 0 Å². The summed E-state index contributed by atoms with van der Waals surface area (Å²) < 4.78 is 0. The van der Waals surface area contributed by atoms with Crippen LogP contribution in [0.1, 0.15) is 52.4 Å². The van der Waals surface area contributed by atoms with Gasteiger partial charge in [0.05, 0.1) is 0 Å². The van der Waals surface area contributed by atoms with E-state index < -0.39 is 0 Å². The minimum atomic E-state index is 0.889. The van der Waals surface area contributed by atoms with Gasteiger partial charge in [0.2, 0.25) is 0 Å². The number of fused-ring (bicyclic) bond motifs is 1. The molecule has 0 aromatic heterocycles. The van der Waals surface area contributed by atoms with E-state index in [1.54, 1.807) is 0 Å². The fourth-order valence-electron chi connectivity index (χ4n) is 4.80. The molecule has 0 aromatic rings. The highest BCUT2D eigenvalue weighted by Gasteiger charge is 2.38. The first kappa shape index (κ1) is 12.9. The molecule has 2 heteroatoms. The molecular formula is C16H30N2. The highest BCUT2D eigenvalue weighted by atomic mass is 15.3. The molecule has 1 aliphatic carbocycles. The van der Waals surface area contributed by atoms with Crippen LogP contribution in [0.3, 0.4) is 0 Å². The van der Waals surface area contributed by atoms with Crippen molar-refractivity contribution in [1.82, 2.24) is 9.80 Å². The average Bonchev–Trinajstić information content (AvgIpc) is 2.79. The minimum absolute atomic E-state index is 0.889. The summed E-state index contributed by atoms with van der Waals surface area (Å²) in [5.41, 5.74) is 0. The molecule has 1 saturated carbocycles. The predicted octanol–water partition coefficient (Wildman–Crippen LogP) is 2.98. The normalized spacial score (nSPS) is 43.0. The van der Waals surface area contributed by atoms with Crippen molar-refractivity contribution in [1.29, 1.82) is 0 Å². The summed E-state index contributed by atoms with van der Waals surface area (Å²) >= 11 is 0. The molecular weight excluding hydrogens is 220 g/mol. The van der Waals surface area contributed by atoms with Crippen LogP contribution in [0.5, 0.6) is 0 Å². The van der Waals surface area contributed by atoms with Crippen LogP contribution in [0, 0.1) is 11.8 Å². The average molecular weight is 250 g/mol. The van der Waals surface area contributed by atoms with Crippen LogP contribution in [0.2, 0.25) is 0 Å². The van der Waals surface area contributed by atoms with Crippen LogP contribution < -0.4 is 0 Å². The molecule has 3 fully saturated rings. The van der Waals surface area contributed by atoms with E-state index >= 15 is 0 Å². The number of piperazine rings is 1. The zero-order valence-electron chi connectivity index (χ0n) is 12.3. The Balaban J connectivity index is 1.60. The van der Waals surface area contributed by atoms with Crippen LogP contribution in [0.25, 0.3) is 0 Å². The Labute approximate surface area is 113 Å². The molecule has 3 aliphatic rings. The van der Waals surface area contributed by atoms with Gasteiger partial charge in [0.1, 0.15) is 0 Å². The summed E-state index contributed by atoms with van der Waals surface area (Å²) in [5.74, 6) is 1.93. The molecule has 0 aromatic carbocycles. The standard InChI is InChI=1S/C16H30N2/c1-3-14-7-8-16(13(14)2)18-11-10-17-9-5-4-6-15(17)12-18/h13-16H,3-12H2,1-2H3. The second-order valence-corrected chi connectivity index (χ2v) is 6.85. The van der Waals surface area contributed by atoms with Gasteiger partial charge in [-0.15, -0.1) is 0 Å². The second kappa shape index (κ2) is 5.50. The van der Waals surface area contributed by atoms with Crippen molar-refractivity contribution in [2.24, 2.45) is 11.8 Å². The molecule has 4 unspecified atom stereocenters. The van der Waals surface area contributed by atoms with Crippen molar-refractivity contribution >= 4 is 0 Å². The van der Waals surface area contributed by atoms with E-state index in [1.807, 2.05) is 0 Å². The maximum atomic E-state index is 2.85. The first-order valence-corrected chi connectivity index (χ1v) is 8.27. The smallest absolute Gasteiger partial charge is 0.0223 e. The van der Waals surface area contributed by atoms with Gasteiger partial charge in [-0.05, 0) is 44.1 Å². The summed E-state index contributed by atoms with van der Waals surface area (Å²) in [7, 11) is 0. The summed E-state index contributed by atoms with van der Waals surface area (Å²) in [6.07, 6.45) is 8.69. The summed E-state index contributed by atoms with van der Waals surface area (Å²) in [5, 5.41) is 0. The molecule has 0 bridgehead atoms. The van der Waals surface area contributed by atoms with Gasteiger partial charge >= 0.3 is 0 Å². The van der Waals surface area contributed by atoms with Crippen LogP contribution in [-0.2, 0) is 0 Å². The highest BCUT2D eigenvalue weighted by Crippen LogP contribution is 2.38.